The van der Waals surface area contributed by atoms with E-state index in [2.05, 4.69) is 0 Å². The van der Waals surface area contributed by atoms with E-state index < -0.39 is 23.5 Å². The van der Waals surface area contributed by atoms with Gasteiger partial charge in [0.05, 0.1) is 42.3 Å². The van der Waals surface area contributed by atoms with Crippen molar-refractivity contribution in [2.45, 2.75) is 12.1 Å². The number of ether oxygens (including phenoxy) is 1. The molecule has 2 atom stereocenters. The number of hydrogen-bond donors (Lipinski definition) is 2. The number of ketones is 1. The number of likely N-dealkylation sites (N-methyl/N-ethyl adjacent to an activating group) is 1. The Morgan fingerprint density at radius 2 is 1.91 bits per heavy atom. The highest BCUT2D eigenvalue weighted by atomic mass is 35.5. The quantitative estimate of drug-likeness (QED) is 0.457. The summed E-state index contributed by atoms with van der Waals surface area (Å²) >= 11 is 6.22. The normalized spacial score (nSPS) is 17.0. The zero-order valence-electron chi connectivity index (χ0n) is 18.7. The Balaban J connectivity index is 1.85. The number of Topliss-reactive ketones (excluding diaryl/α,β-unsaturated/α-hetero) is 1. The number of carbonyl (C=O) groups excluding carboxylic acids is 2. The van der Waals surface area contributed by atoms with Gasteiger partial charge in [-0.05, 0) is 56.1 Å². The number of carbonyl (C=O) groups is 2. The average molecular weight is 487 g/mol. The minimum absolute atomic E-state index is 0.0340. The van der Waals surface area contributed by atoms with E-state index in [1.54, 1.807) is 12.1 Å². The molecule has 2 N–H and O–H groups in total. The van der Waals surface area contributed by atoms with Crippen LogP contribution in [0.5, 0.6) is 11.5 Å². The highest BCUT2D eigenvalue weighted by Crippen LogP contribution is 2.44. The molecule has 0 fully saturated rings. The molecule has 178 valence electrons. The number of methoxy groups -OCH3 is 1. The lowest BCUT2D eigenvalue weighted by atomic mass is 9.94. The van der Waals surface area contributed by atoms with Crippen LogP contribution < -0.4 is 4.74 Å². The molecular formula is C24H23ClN2O7. The Bertz CT molecular complexity index is 1230. The van der Waals surface area contributed by atoms with E-state index in [9.17, 15) is 19.8 Å². The Kier molecular flexibility index (Phi) is 6.41. The molecule has 1 amide bonds. The highest BCUT2D eigenvalue weighted by Gasteiger charge is 2.46. The molecule has 0 spiro atoms. The van der Waals surface area contributed by atoms with Crippen LogP contribution in [0, 0.1) is 0 Å². The van der Waals surface area contributed by atoms with Gasteiger partial charge in [0.25, 0.3) is 5.91 Å². The van der Waals surface area contributed by atoms with Gasteiger partial charge in [0.15, 0.2) is 23.0 Å². The van der Waals surface area contributed by atoms with Crippen LogP contribution in [0.1, 0.15) is 34.0 Å². The van der Waals surface area contributed by atoms with Gasteiger partial charge in [0.2, 0.25) is 5.78 Å². The molecule has 34 heavy (non-hydrogen) atoms. The van der Waals surface area contributed by atoms with Gasteiger partial charge in [-0.3, -0.25) is 14.5 Å². The first-order valence-corrected chi connectivity index (χ1v) is 10.7. The van der Waals surface area contributed by atoms with E-state index >= 15 is 0 Å². The van der Waals surface area contributed by atoms with Gasteiger partial charge in [-0.15, -0.1) is 0 Å². The van der Waals surface area contributed by atoms with Crippen molar-refractivity contribution in [3.8, 4) is 11.5 Å². The van der Waals surface area contributed by atoms with Crippen molar-refractivity contribution in [3.63, 3.8) is 0 Å². The number of furan rings is 2. The number of rotatable bonds is 8. The van der Waals surface area contributed by atoms with Crippen LogP contribution in [0.25, 0.3) is 0 Å². The van der Waals surface area contributed by atoms with Crippen molar-refractivity contribution >= 4 is 23.3 Å². The van der Waals surface area contributed by atoms with Crippen LogP contribution in [0.2, 0.25) is 5.02 Å². The molecule has 3 aromatic rings. The number of phenols is 1. The van der Waals surface area contributed by atoms with Crippen LogP contribution >= 0.6 is 11.6 Å². The van der Waals surface area contributed by atoms with Crippen molar-refractivity contribution in [2.75, 3.05) is 27.7 Å². The summed E-state index contributed by atoms with van der Waals surface area (Å²) in [5.41, 5.74) is 0.199. The summed E-state index contributed by atoms with van der Waals surface area (Å²) in [5, 5.41) is 21.0. The molecule has 1 aliphatic heterocycles. The number of aliphatic hydroxyl groups excluding tert-OH is 1. The summed E-state index contributed by atoms with van der Waals surface area (Å²) in [6, 6.07) is 7.98. The lowest BCUT2D eigenvalue weighted by Gasteiger charge is -2.32. The molecule has 3 heterocycles. The molecule has 0 bridgehead atoms. The van der Waals surface area contributed by atoms with Crippen LogP contribution in [0.15, 0.2) is 69.1 Å². The molecule has 1 aliphatic rings. The smallest absolute Gasteiger partial charge is 0.290 e. The minimum atomic E-state index is -1.03. The highest BCUT2D eigenvalue weighted by molar-refractivity contribution is 6.32. The maximum atomic E-state index is 13.3. The fraction of sp³-hybridized carbons (Fsp3) is 0.250. The average Bonchev–Trinajstić information content (AvgIpc) is 3.57. The topological polar surface area (TPSA) is 117 Å². The van der Waals surface area contributed by atoms with E-state index in [4.69, 9.17) is 25.2 Å². The second-order valence-corrected chi connectivity index (χ2v) is 8.38. The molecule has 0 radical (unpaired) electrons. The number of halogens is 1. The van der Waals surface area contributed by atoms with Crippen LogP contribution in [-0.2, 0) is 4.79 Å². The second-order valence-electron chi connectivity index (χ2n) is 7.98. The fourth-order valence-electron chi connectivity index (χ4n) is 4.04. The monoisotopic (exact) mass is 486 g/mol. The fourth-order valence-corrected chi connectivity index (χ4v) is 4.26. The van der Waals surface area contributed by atoms with Crippen molar-refractivity contribution in [2.24, 2.45) is 0 Å². The van der Waals surface area contributed by atoms with E-state index in [1.165, 1.54) is 48.8 Å². The van der Waals surface area contributed by atoms with Gasteiger partial charge in [-0.25, -0.2) is 0 Å². The van der Waals surface area contributed by atoms with Crippen molar-refractivity contribution in [1.82, 2.24) is 9.80 Å². The predicted octanol–water partition coefficient (Wildman–Crippen LogP) is 4.12. The molecule has 10 heteroatoms. The lowest BCUT2D eigenvalue weighted by Crippen LogP contribution is -2.38. The standard InChI is InChI=1S/C24H23ClN2O7/c1-26(2)15(16-6-4-8-33-16)12-27-20(13-10-14(25)21(28)18(11-13)32-3)19(23(30)24(27)31)22(29)17-7-5-9-34-17/h4-11,15,20,28,30H,12H2,1-3H3. The van der Waals surface area contributed by atoms with Crippen LogP contribution in [0.3, 0.4) is 0 Å². The molecule has 0 saturated carbocycles. The van der Waals surface area contributed by atoms with Crippen molar-refractivity contribution < 1.29 is 33.4 Å². The summed E-state index contributed by atoms with van der Waals surface area (Å²) in [4.78, 5) is 29.8. The Morgan fingerprint density at radius 3 is 2.50 bits per heavy atom. The summed E-state index contributed by atoms with van der Waals surface area (Å²) in [6.45, 7) is 0.0732. The van der Waals surface area contributed by atoms with E-state index in [1.807, 2.05) is 19.0 Å². The molecular weight excluding hydrogens is 464 g/mol. The maximum absolute atomic E-state index is 13.3. The lowest BCUT2D eigenvalue weighted by molar-refractivity contribution is -0.130. The summed E-state index contributed by atoms with van der Waals surface area (Å²) < 4.78 is 16.0. The zero-order chi connectivity index (χ0) is 24.6. The number of benzene rings is 1. The SMILES string of the molecule is COc1cc(C2C(C(=O)c3ccco3)=C(O)C(=O)N2CC(c2ccco2)N(C)C)cc(Cl)c1O. The largest absolute Gasteiger partial charge is 0.503 e. The van der Waals surface area contributed by atoms with Gasteiger partial charge in [0.1, 0.15) is 5.76 Å². The molecule has 9 nitrogen and oxygen atoms in total. The number of hydrogen-bond acceptors (Lipinski definition) is 8. The van der Waals surface area contributed by atoms with E-state index in [0.717, 1.165) is 0 Å². The maximum Gasteiger partial charge on any atom is 0.290 e. The van der Waals surface area contributed by atoms with Gasteiger partial charge in [0, 0.05) is 6.54 Å². The van der Waals surface area contributed by atoms with Crippen molar-refractivity contribution in [1.29, 1.82) is 0 Å². The number of nitrogens with zero attached hydrogens (tertiary/aromatic N) is 2. The Hall–Kier alpha value is -3.69. The van der Waals surface area contributed by atoms with Gasteiger partial charge in [-0.1, -0.05) is 11.6 Å². The first kappa shape index (κ1) is 23.5. The summed E-state index contributed by atoms with van der Waals surface area (Å²) in [6.07, 6.45) is 2.86. The number of aliphatic hydroxyl groups is 1. The molecule has 0 aliphatic carbocycles. The van der Waals surface area contributed by atoms with Gasteiger partial charge >= 0.3 is 0 Å². The molecule has 4 rings (SSSR count). The number of aromatic hydroxyl groups is 1. The number of phenolic OH excluding ortho intramolecular Hbond substituents is 1. The van der Waals surface area contributed by atoms with Gasteiger partial charge in [-0.2, -0.15) is 0 Å². The third kappa shape index (κ3) is 4.04. The first-order valence-electron chi connectivity index (χ1n) is 10.3. The van der Waals surface area contributed by atoms with Crippen LogP contribution in [0.4, 0.5) is 0 Å². The third-order valence-corrected chi connectivity index (χ3v) is 6.03. The van der Waals surface area contributed by atoms with E-state index in [-0.39, 0.29) is 40.4 Å². The Labute approximate surface area is 200 Å². The first-order chi connectivity index (χ1) is 16.2. The third-order valence-electron chi connectivity index (χ3n) is 5.74. The predicted molar refractivity (Wildman–Crippen MR) is 122 cm³/mol. The van der Waals surface area contributed by atoms with Gasteiger partial charge < -0.3 is 28.7 Å². The molecule has 2 aromatic heterocycles. The molecule has 0 saturated heterocycles. The van der Waals surface area contributed by atoms with Crippen LogP contribution in [-0.4, -0.2) is 59.5 Å². The summed E-state index contributed by atoms with van der Waals surface area (Å²) in [7, 11) is 5.00. The minimum Gasteiger partial charge on any atom is -0.503 e. The molecule has 2 unspecified atom stereocenters. The Morgan fingerprint density at radius 1 is 1.21 bits per heavy atom. The summed E-state index contributed by atoms with van der Waals surface area (Å²) in [5.74, 6) is -1.73. The zero-order valence-corrected chi connectivity index (χ0v) is 19.4. The number of amides is 1. The molecule has 1 aromatic carbocycles. The second kappa shape index (κ2) is 9.28. The van der Waals surface area contributed by atoms with E-state index in [0.29, 0.717) is 11.3 Å². The van der Waals surface area contributed by atoms with Crippen molar-refractivity contribution in [3.05, 3.63) is 82.4 Å².